The fraction of sp³-hybridized carbons (Fsp3) is 0.600. The number of carboxylic acid groups (broad SMARTS) is 1. The molecule has 0 radical (unpaired) electrons. The molecule has 2 N–H and O–H groups in total. The number of para-hydroxylation sites is 1. The van der Waals surface area contributed by atoms with Gasteiger partial charge in [0.25, 0.3) is 5.91 Å². The van der Waals surface area contributed by atoms with Crippen molar-refractivity contribution in [3.05, 3.63) is 23.8 Å². The molecular formula is C20H29NO6. The van der Waals surface area contributed by atoms with Crippen LogP contribution < -0.4 is 9.47 Å². The lowest BCUT2D eigenvalue weighted by atomic mass is 9.72. The van der Waals surface area contributed by atoms with Crippen LogP contribution in [0.5, 0.6) is 11.5 Å². The van der Waals surface area contributed by atoms with Crippen LogP contribution in [-0.2, 0) is 4.79 Å². The van der Waals surface area contributed by atoms with Crippen LogP contribution in [0.1, 0.15) is 43.5 Å². The summed E-state index contributed by atoms with van der Waals surface area (Å²) in [6.45, 7) is 4.27. The third kappa shape index (κ3) is 4.18. The van der Waals surface area contributed by atoms with Gasteiger partial charge in [-0.3, -0.25) is 9.59 Å². The van der Waals surface area contributed by atoms with Crippen molar-refractivity contribution in [2.24, 2.45) is 11.3 Å². The Morgan fingerprint density at radius 1 is 1.30 bits per heavy atom. The molecule has 1 fully saturated rings. The summed E-state index contributed by atoms with van der Waals surface area (Å²) in [6.07, 6.45) is 0.223. The van der Waals surface area contributed by atoms with Gasteiger partial charge in [0, 0.05) is 13.1 Å². The number of rotatable bonds is 7. The molecule has 27 heavy (non-hydrogen) atoms. The fourth-order valence-electron chi connectivity index (χ4n) is 3.59. The van der Waals surface area contributed by atoms with E-state index in [9.17, 15) is 19.8 Å². The molecule has 0 unspecified atom stereocenters. The third-order valence-corrected chi connectivity index (χ3v) is 5.30. The summed E-state index contributed by atoms with van der Waals surface area (Å²) in [6, 6.07) is 5.02. The minimum Gasteiger partial charge on any atom is -0.493 e. The zero-order chi connectivity index (χ0) is 20.2. The average molecular weight is 379 g/mol. The zero-order valence-electron chi connectivity index (χ0n) is 16.4. The summed E-state index contributed by atoms with van der Waals surface area (Å²) in [7, 11) is 2.95. The summed E-state index contributed by atoms with van der Waals surface area (Å²) < 4.78 is 10.6. The summed E-state index contributed by atoms with van der Waals surface area (Å²) in [5.41, 5.74) is -1.04. The van der Waals surface area contributed by atoms with E-state index in [0.717, 1.165) is 0 Å². The minimum absolute atomic E-state index is 0.0323. The van der Waals surface area contributed by atoms with Gasteiger partial charge < -0.3 is 24.6 Å². The summed E-state index contributed by atoms with van der Waals surface area (Å²) in [5.74, 6) is -0.333. The van der Waals surface area contributed by atoms with E-state index in [4.69, 9.17) is 9.47 Å². The largest absolute Gasteiger partial charge is 0.493 e. The fourth-order valence-corrected chi connectivity index (χ4v) is 3.59. The highest BCUT2D eigenvalue weighted by Gasteiger charge is 2.50. The first kappa shape index (κ1) is 21.0. The molecule has 0 aromatic heterocycles. The van der Waals surface area contributed by atoms with E-state index in [1.54, 1.807) is 18.2 Å². The highest BCUT2D eigenvalue weighted by molar-refractivity contribution is 5.98. The van der Waals surface area contributed by atoms with Crippen LogP contribution in [0.15, 0.2) is 18.2 Å². The predicted molar refractivity (Wildman–Crippen MR) is 100 cm³/mol. The van der Waals surface area contributed by atoms with E-state index >= 15 is 0 Å². The number of aliphatic carboxylic acids is 1. The molecule has 1 aliphatic rings. The third-order valence-electron chi connectivity index (χ3n) is 5.30. The second-order valence-corrected chi connectivity index (χ2v) is 7.47. The molecule has 1 aliphatic heterocycles. The molecular weight excluding hydrogens is 350 g/mol. The standard InChI is InChI=1S/C20H29NO6/c1-13(2)8-10-20(19(24)25)12-21(11-9-16(20)22)18(23)14-6-5-7-15(26-3)17(14)27-4/h5-7,13,16,22H,8-12H2,1-4H3,(H,24,25)/t16-,20-/m1/s1. The lowest BCUT2D eigenvalue weighted by Crippen LogP contribution is -2.57. The van der Waals surface area contributed by atoms with Gasteiger partial charge in [0.15, 0.2) is 11.5 Å². The molecule has 7 nitrogen and oxygen atoms in total. The number of nitrogens with zero attached hydrogens (tertiary/aromatic N) is 1. The monoisotopic (exact) mass is 379 g/mol. The molecule has 1 amide bonds. The number of aliphatic hydroxyl groups is 1. The van der Waals surface area contributed by atoms with Crippen molar-refractivity contribution in [2.45, 2.75) is 39.2 Å². The normalized spacial score (nSPS) is 22.6. The number of benzene rings is 1. The maximum absolute atomic E-state index is 13.1. The van der Waals surface area contributed by atoms with Gasteiger partial charge in [-0.2, -0.15) is 0 Å². The van der Waals surface area contributed by atoms with Crippen molar-refractivity contribution in [3.63, 3.8) is 0 Å². The molecule has 150 valence electrons. The van der Waals surface area contributed by atoms with Gasteiger partial charge in [0.1, 0.15) is 5.41 Å². The van der Waals surface area contributed by atoms with Crippen molar-refractivity contribution in [1.82, 2.24) is 4.90 Å². The Kier molecular flexibility index (Phi) is 6.70. The van der Waals surface area contributed by atoms with Crippen LogP contribution >= 0.6 is 0 Å². The number of hydrogen-bond acceptors (Lipinski definition) is 5. The maximum Gasteiger partial charge on any atom is 0.314 e. The molecule has 7 heteroatoms. The van der Waals surface area contributed by atoms with E-state index < -0.39 is 17.5 Å². The molecule has 0 bridgehead atoms. The van der Waals surface area contributed by atoms with Crippen molar-refractivity contribution >= 4 is 11.9 Å². The second kappa shape index (κ2) is 8.61. The molecule has 1 saturated heterocycles. The van der Waals surface area contributed by atoms with Crippen LogP contribution in [0.25, 0.3) is 0 Å². The van der Waals surface area contributed by atoms with Gasteiger partial charge in [-0.05, 0) is 37.3 Å². The molecule has 0 saturated carbocycles. The van der Waals surface area contributed by atoms with Crippen molar-refractivity contribution in [3.8, 4) is 11.5 Å². The Morgan fingerprint density at radius 3 is 2.56 bits per heavy atom. The number of aliphatic hydroxyl groups excluding tert-OH is 1. The highest BCUT2D eigenvalue weighted by Crippen LogP contribution is 2.38. The van der Waals surface area contributed by atoms with Gasteiger partial charge in [0.05, 0.1) is 25.9 Å². The molecule has 0 spiro atoms. The smallest absolute Gasteiger partial charge is 0.314 e. The average Bonchev–Trinajstić information content (AvgIpc) is 2.65. The summed E-state index contributed by atoms with van der Waals surface area (Å²) >= 11 is 0. The lowest BCUT2D eigenvalue weighted by molar-refractivity contribution is -0.163. The van der Waals surface area contributed by atoms with Crippen LogP contribution in [-0.4, -0.2) is 60.4 Å². The molecule has 1 aromatic rings. The first-order valence-corrected chi connectivity index (χ1v) is 9.18. The molecule has 1 heterocycles. The number of hydrogen-bond donors (Lipinski definition) is 2. The van der Waals surface area contributed by atoms with E-state index in [1.165, 1.54) is 19.1 Å². The predicted octanol–water partition coefficient (Wildman–Crippen LogP) is 2.42. The van der Waals surface area contributed by atoms with Crippen molar-refractivity contribution < 1.29 is 29.3 Å². The van der Waals surface area contributed by atoms with E-state index in [0.29, 0.717) is 35.8 Å². The van der Waals surface area contributed by atoms with Gasteiger partial charge >= 0.3 is 5.97 Å². The van der Waals surface area contributed by atoms with Gasteiger partial charge in [-0.15, -0.1) is 0 Å². The zero-order valence-corrected chi connectivity index (χ0v) is 16.4. The number of piperidine rings is 1. The van der Waals surface area contributed by atoms with Crippen molar-refractivity contribution in [1.29, 1.82) is 0 Å². The van der Waals surface area contributed by atoms with E-state index in [2.05, 4.69) is 0 Å². The Hall–Kier alpha value is -2.28. The Labute approximate surface area is 159 Å². The van der Waals surface area contributed by atoms with Gasteiger partial charge in [0.2, 0.25) is 0 Å². The number of carbonyl (C=O) groups is 2. The lowest BCUT2D eigenvalue weighted by Gasteiger charge is -2.43. The minimum atomic E-state index is -1.36. The first-order valence-electron chi connectivity index (χ1n) is 9.18. The molecule has 1 aromatic carbocycles. The van der Waals surface area contributed by atoms with Crippen LogP contribution in [0.3, 0.4) is 0 Å². The molecule has 2 atom stereocenters. The van der Waals surface area contributed by atoms with Crippen LogP contribution in [0, 0.1) is 11.3 Å². The number of carboxylic acids is 1. The van der Waals surface area contributed by atoms with Crippen LogP contribution in [0.4, 0.5) is 0 Å². The van der Waals surface area contributed by atoms with E-state index in [1.807, 2.05) is 13.8 Å². The summed E-state index contributed by atoms with van der Waals surface area (Å²) in [5, 5.41) is 20.4. The number of ether oxygens (including phenoxy) is 2. The number of methoxy groups -OCH3 is 2. The highest BCUT2D eigenvalue weighted by atomic mass is 16.5. The van der Waals surface area contributed by atoms with Crippen molar-refractivity contribution in [2.75, 3.05) is 27.3 Å². The number of amides is 1. The molecule has 0 aliphatic carbocycles. The Balaban J connectivity index is 2.34. The topological polar surface area (TPSA) is 96.3 Å². The maximum atomic E-state index is 13.1. The van der Waals surface area contributed by atoms with Crippen LogP contribution in [0.2, 0.25) is 0 Å². The number of likely N-dealkylation sites (tertiary alicyclic amines) is 1. The second-order valence-electron chi connectivity index (χ2n) is 7.47. The number of carbonyl (C=O) groups excluding carboxylic acids is 1. The SMILES string of the molecule is COc1cccc(C(=O)N2CC[C@@H](O)[C@](CCC(C)C)(C(=O)O)C2)c1OC. The van der Waals surface area contributed by atoms with Gasteiger partial charge in [-0.1, -0.05) is 19.9 Å². The Bertz CT molecular complexity index is 689. The molecule has 2 rings (SSSR count). The first-order chi connectivity index (χ1) is 12.8. The Morgan fingerprint density at radius 2 is 2.00 bits per heavy atom. The quantitative estimate of drug-likeness (QED) is 0.755. The van der Waals surface area contributed by atoms with Gasteiger partial charge in [-0.25, -0.2) is 0 Å². The summed E-state index contributed by atoms with van der Waals surface area (Å²) in [4.78, 5) is 26.7. The van der Waals surface area contributed by atoms with E-state index in [-0.39, 0.29) is 25.4 Å².